The molecule has 1 fully saturated rings. The summed E-state index contributed by atoms with van der Waals surface area (Å²) in [6.07, 6.45) is 6.44. The molecule has 3 aromatic carbocycles. The number of para-hydroxylation sites is 1. The lowest BCUT2D eigenvalue weighted by atomic mass is 9.86. The van der Waals surface area contributed by atoms with Gasteiger partial charge in [0.25, 0.3) is 0 Å². The molecule has 1 saturated heterocycles. The zero-order chi connectivity index (χ0) is 25.1. The zero-order valence-corrected chi connectivity index (χ0v) is 21.5. The van der Waals surface area contributed by atoms with Gasteiger partial charge in [-0.2, -0.15) is 0 Å². The topological polar surface area (TPSA) is 56.9 Å². The Morgan fingerprint density at radius 2 is 1.73 bits per heavy atom. The van der Waals surface area contributed by atoms with Gasteiger partial charge in [0, 0.05) is 31.4 Å². The van der Waals surface area contributed by atoms with Gasteiger partial charge in [-0.3, -0.25) is 9.28 Å². The molecule has 37 heavy (non-hydrogen) atoms. The molecule has 0 aliphatic carbocycles. The summed E-state index contributed by atoms with van der Waals surface area (Å²) in [5, 5.41) is 8.67. The molecular formula is C32H37N4O+. The van der Waals surface area contributed by atoms with Crippen molar-refractivity contribution in [2.75, 3.05) is 31.5 Å². The predicted octanol–water partition coefficient (Wildman–Crippen LogP) is 5.47. The Morgan fingerprint density at radius 3 is 2.59 bits per heavy atom. The highest BCUT2D eigenvalue weighted by atomic mass is 16.1. The van der Waals surface area contributed by atoms with Gasteiger partial charge < -0.3 is 15.6 Å². The van der Waals surface area contributed by atoms with Crippen molar-refractivity contribution >= 4 is 28.1 Å². The number of nitrogens with one attached hydrogen (secondary N) is 3. The SMILES string of the molecule is O=C(CCCc1ccccc1)C(C1CCc2ccccc2N1)[N+]1(c2cccc3[nH]ccc23)CCNCC1. The van der Waals surface area contributed by atoms with E-state index in [1.54, 1.807) is 0 Å². The van der Waals surface area contributed by atoms with E-state index in [0.29, 0.717) is 16.7 Å². The lowest BCUT2D eigenvalue weighted by molar-refractivity contribution is -0.125. The van der Waals surface area contributed by atoms with Gasteiger partial charge in [-0.05, 0) is 61.1 Å². The second kappa shape index (κ2) is 10.5. The molecular weight excluding hydrogens is 456 g/mol. The van der Waals surface area contributed by atoms with Gasteiger partial charge >= 0.3 is 0 Å². The van der Waals surface area contributed by atoms with Crippen LogP contribution in [0.4, 0.5) is 11.4 Å². The molecule has 2 unspecified atom stereocenters. The van der Waals surface area contributed by atoms with Crippen LogP contribution in [-0.2, 0) is 17.6 Å². The van der Waals surface area contributed by atoms with E-state index in [9.17, 15) is 4.79 Å². The van der Waals surface area contributed by atoms with Gasteiger partial charge in [0.15, 0.2) is 11.8 Å². The van der Waals surface area contributed by atoms with Crippen LogP contribution in [0.1, 0.15) is 30.4 Å². The molecule has 0 saturated carbocycles. The van der Waals surface area contributed by atoms with E-state index in [1.165, 1.54) is 27.9 Å². The van der Waals surface area contributed by atoms with Gasteiger partial charge in [-0.25, -0.2) is 0 Å². The summed E-state index contributed by atoms with van der Waals surface area (Å²) in [6.45, 7) is 3.66. The highest BCUT2D eigenvalue weighted by Gasteiger charge is 2.49. The summed E-state index contributed by atoms with van der Waals surface area (Å²) in [4.78, 5) is 17.8. The molecule has 2 aliphatic heterocycles. The first-order valence-corrected chi connectivity index (χ1v) is 13.8. The molecule has 2 aliphatic rings. The highest BCUT2D eigenvalue weighted by Crippen LogP contribution is 2.39. The van der Waals surface area contributed by atoms with Crippen molar-refractivity contribution in [1.29, 1.82) is 0 Å². The van der Waals surface area contributed by atoms with Crippen LogP contribution in [-0.4, -0.2) is 49.0 Å². The number of ketones is 1. The number of anilines is 1. The molecule has 2 atom stereocenters. The Bertz CT molecular complexity index is 1360. The first-order valence-electron chi connectivity index (χ1n) is 13.8. The van der Waals surface area contributed by atoms with E-state index in [4.69, 9.17) is 0 Å². The first-order chi connectivity index (χ1) is 18.2. The second-order valence-corrected chi connectivity index (χ2v) is 10.6. The Balaban J connectivity index is 1.38. The Kier molecular flexibility index (Phi) is 6.81. The second-order valence-electron chi connectivity index (χ2n) is 10.6. The van der Waals surface area contributed by atoms with E-state index in [-0.39, 0.29) is 12.1 Å². The quantitative estimate of drug-likeness (QED) is 0.286. The van der Waals surface area contributed by atoms with Crippen LogP contribution in [0.2, 0.25) is 0 Å². The van der Waals surface area contributed by atoms with Crippen molar-refractivity contribution in [2.24, 2.45) is 0 Å². The van der Waals surface area contributed by atoms with E-state index < -0.39 is 0 Å². The van der Waals surface area contributed by atoms with Crippen LogP contribution < -0.4 is 15.1 Å². The largest absolute Gasteiger partial charge is 0.376 e. The monoisotopic (exact) mass is 493 g/mol. The first kappa shape index (κ1) is 24.0. The molecule has 0 spiro atoms. The minimum absolute atomic E-state index is 0.103. The number of Topliss-reactive ketones (excluding diaryl/α,β-unsaturated/α-hetero) is 1. The number of hydrogen-bond acceptors (Lipinski definition) is 3. The van der Waals surface area contributed by atoms with E-state index >= 15 is 0 Å². The maximum Gasteiger partial charge on any atom is 0.192 e. The predicted molar refractivity (Wildman–Crippen MR) is 153 cm³/mol. The van der Waals surface area contributed by atoms with Crippen molar-refractivity contribution in [2.45, 2.75) is 44.2 Å². The minimum Gasteiger partial charge on any atom is -0.376 e. The molecule has 3 N–H and O–H groups in total. The minimum atomic E-state index is -0.133. The Morgan fingerprint density at radius 1 is 0.919 bits per heavy atom. The number of nitrogens with zero attached hydrogens (tertiary/aromatic N) is 1. The van der Waals surface area contributed by atoms with Crippen LogP contribution >= 0.6 is 0 Å². The number of carbonyl (C=O) groups is 1. The molecule has 6 rings (SSSR count). The summed E-state index contributed by atoms with van der Waals surface area (Å²) < 4.78 is 0.714. The maximum atomic E-state index is 14.4. The third-order valence-electron chi connectivity index (χ3n) is 8.48. The lowest BCUT2D eigenvalue weighted by Crippen LogP contribution is -2.71. The Hall–Kier alpha value is -3.41. The van der Waals surface area contributed by atoms with Crippen LogP contribution in [0, 0.1) is 0 Å². The van der Waals surface area contributed by atoms with Gasteiger partial charge in [-0.15, -0.1) is 0 Å². The van der Waals surface area contributed by atoms with Crippen LogP contribution in [0.3, 0.4) is 0 Å². The molecule has 1 aromatic heterocycles. The van der Waals surface area contributed by atoms with Gasteiger partial charge in [0.2, 0.25) is 0 Å². The molecule has 3 heterocycles. The van der Waals surface area contributed by atoms with Crippen LogP contribution in [0.25, 0.3) is 10.9 Å². The fraction of sp³-hybridized carbons (Fsp3) is 0.344. The number of hydrogen-bond donors (Lipinski definition) is 3. The molecule has 0 radical (unpaired) electrons. The van der Waals surface area contributed by atoms with Crippen LogP contribution in [0.5, 0.6) is 0 Å². The third-order valence-corrected chi connectivity index (χ3v) is 8.48. The van der Waals surface area contributed by atoms with E-state index in [1.807, 2.05) is 6.20 Å². The number of carbonyl (C=O) groups excluding carboxylic acids is 1. The number of fused-ring (bicyclic) bond motifs is 2. The van der Waals surface area contributed by atoms with Crippen molar-refractivity contribution in [3.8, 4) is 0 Å². The van der Waals surface area contributed by atoms with E-state index in [0.717, 1.165) is 57.4 Å². The number of aromatic nitrogens is 1. The molecule has 5 nitrogen and oxygen atoms in total. The molecule has 4 aromatic rings. The summed E-state index contributed by atoms with van der Waals surface area (Å²) in [7, 11) is 0. The van der Waals surface area contributed by atoms with Crippen molar-refractivity contribution in [3.05, 3.63) is 96.2 Å². The molecule has 0 bridgehead atoms. The zero-order valence-electron chi connectivity index (χ0n) is 21.5. The number of rotatable bonds is 8. The summed E-state index contributed by atoms with van der Waals surface area (Å²) in [5.74, 6) is 0.391. The molecule has 190 valence electrons. The third kappa shape index (κ3) is 4.70. The molecule has 5 heteroatoms. The van der Waals surface area contributed by atoms with Gasteiger partial charge in [0.1, 0.15) is 5.69 Å². The summed E-state index contributed by atoms with van der Waals surface area (Å²) in [5.41, 5.74) is 6.27. The smallest absolute Gasteiger partial charge is 0.192 e. The highest BCUT2D eigenvalue weighted by molar-refractivity contribution is 5.95. The maximum absolute atomic E-state index is 14.4. The number of piperazine rings is 1. The van der Waals surface area contributed by atoms with Gasteiger partial charge in [-0.1, -0.05) is 54.6 Å². The van der Waals surface area contributed by atoms with Crippen molar-refractivity contribution in [3.63, 3.8) is 0 Å². The fourth-order valence-corrected chi connectivity index (χ4v) is 6.72. The van der Waals surface area contributed by atoms with Crippen molar-refractivity contribution in [1.82, 2.24) is 14.8 Å². The average Bonchev–Trinajstić information content (AvgIpc) is 3.43. The van der Waals surface area contributed by atoms with Crippen LogP contribution in [0.15, 0.2) is 85.1 Å². The molecule has 0 amide bonds. The summed E-state index contributed by atoms with van der Waals surface area (Å²) in [6, 6.07) is 27.9. The number of quaternary nitrogens is 1. The number of benzene rings is 3. The summed E-state index contributed by atoms with van der Waals surface area (Å²) >= 11 is 0. The number of H-pyrrole nitrogens is 1. The average molecular weight is 494 g/mol. The van der Waals surface area contributed by atoms with Gasteiger partial charge in [0.05, 0.1) is 30.0 Å². The normalized spacial score (nSPS) is 19.6. The fourth-order valence-electron chi connectivity index (χ4n) is 6.72. The number of aromatic amines is 1. The Labute approximate surface area is 219 Å². The number of aryl methyl sites for hydroxylation is 2. The van der Waals surface area contributed by atoms with Crippen molar-refractivity contribution < 1.29 is 4.79 Å². The standard InChI is InChI=1S/C32H37N4O/c37-31(15-6-10-24-8-2-1-3-9-24)32(29-17-16-25-11-4-5-12-27(25)35-29)36(22-20-33-21-23-36)30-14-7-13-28-26(30)18-19-34-28/h1-5,7-9,11-14,18-19,29,32-35H,6,10,15-17,20-23H2/q+1. The lowest BCUT2D eigenvalue weighted by Gasteiger charge is -2.49. The van der Waals surface area contributed by atoms with E-state index in [2.05, 4.69) is 94.5 Å².